The first-order chi connectivity index (χ1) is 8.15. The second-order valence-corrected chi connectivity index (χ2v) is 4.23. The van der Waals surface area contributed by atoms with E-state index in [0.29, 0.717) is 31.2 Å². The molecule has 0 aliphatic rings. The van der Waals surface area contributed by atoms with Crippen LogP contribution in [0.4, 0.5) is 0 Å². The molecule has 1 aromatic rings. The minimum absolute atomic E-state index is 0.0671. The molecule has 4 heteroatoms. The standard InChI is InChI=1S/C13H18ClNO2/c1-10-3-4-12(9-11(10)2)13(16)15-6-8-17-7-5-14/h3-4,9H,5-8H2,1-2H3,(H,15,16). The molecule has 0 bridgehead atoms. The molecule has 0 radical (unpaired) electrons. The second kappa shape index (κ2) is 7.30. The van der Waals surface area contributed by atoms with Crippen molar-refractivity contribution in [2.45, 2.75) is 13.8 Å². The van der Waals surface area contributed by atoms with E-state index in [0.717, 1.165) is 5.56 Å². The third-order valence-electron chi connectivity index (χ3n) is 2.52. The molecule has 0 fully saturated rings. The zero-order chi connectivity index (χ0) is 12.7. The molecule has 1 rings (SSSR count). The molecule has 1 N–H and O–H groups in total. The number of nitrogens with one attached hydrogen (secondary N) is 1. The molecular formula is C13H18ClNO2. The molecule has 0 atom stereocenters. The number of carbonyl (C=O) groups is 1. The highest BCUT2D eigenvalue weighted by Crippen LogP contribution is 2.09. The summed E-state index contributed by atoms with van der Waals surface area (Å²) in [6, 6.07) is 5.68. The first-order valence-corrected chi connectivity index (χ1v) is 6.17. The van der Waals surface area contributed by atoms with Gasteiger partial charge in [-0.15, -0.1) is 11.6 Å². The summed E-state index contributed by atoms with van der Waals surface area (Å²) in [5.41, 5.74) is 2.99. The van der Waals surface area contributed by atoms with Gasteiger partial charge < -0.3 is 10.1 Å². The first-order valence-electron chi connectivity index (χ1n) is 5.64. The third kappa shape index (κ3) is 4.75. The monoisotopic (exact) mass is 255 g/mol. The average Bonchev–Trinajstić information content (AvgIpc) is 2.32. The number of carbonyl (C=O) groups excluding carboxylic acids is 1. The highest BCUT2D eigenvalue weighted by Gasteiger charge is 2.05. The SMILES string of the molecule is Cc1ccc(C(=O)NCCOCCCl)cc1C. The van der Waals surface area contributed by atoms with Crippen LogP contribution in [0.3, 0.4) is 0 Å². The van der Waals surface area contributed by atoms with Gasteiger partial charge in [0.2, 0.25) is 0 Å². The molecule has 0 unspecified atom stereocenters. The van der Waals surface area contributed by atoms with E-state index in [-0.39, 0.29) is 5.91 Å². The Morgan fingerprint density at radius 1 is 1.29 bits per heavy atom. The normalized spacial score (nSPS) is 10.3. The lowest BCUT2D eigenvalue weighted by Gasteiger charge is -2.07. The molecule has 0 aromatic heterocycles. The predicted molar refractivity (Wildman–Crippen MR) is 69.8 cm³/mol. The Bertz CT molecular complexity index is 380. The Morgan fingerprint density at radius 2 is 2.06 bits per heavy atom. The molecular weight excluding hydrogens is 238 g/mol. The van der Waals surface area contributed by atoms with Crippen LogP contribution in [-0.4, -0.2) is 31.5 Å². The van der Waals surface area contributed by atoms with Crippen LogP contribution in [0.1, 0.15) is 21.5 Å². The van der Waals surface area contributed by atoms with Gasteiger partial charge in [0, 0.05) is 18.0 Å². The largest absolute Gasteiger partial charge is 0.378 e. The lowest BCUT2D eigenvalue weighted by Crippen LogP contribution is -2.27. The number of hydrogen-bond donors (Lipinski definition) is 1. The Labute approximate surface area is 107 Å². The summed E-state index contributed by atoms with van der Waals surface area (Å²) < 4.78 is 5.17. The molecule has 0 saturated carbocycles. The van der Waals surface area contributed by atoms with E-state index in [4.69, 9.17) is 16.3 Å². The van der Waals surface area contributed by atoms with E-state index in [9.17, 15) is 4.79 Å². The number of amides is 1. The van der Waals surface area contributed by atoms with E-state index in [1.165, 1.54) is 5.56 Å². The van der Waals surface area contributed by atoms with Crippen molar-refractivity contribution in [3.63, 3.8) is 0 Å². The minimum atomic E-state index is -0.0671. The first kappa shape index (κ1) is 14.0. The van der Waals surface area contributed by atoms with Gasteiger partial charge in [0.25, 0.3) is 5.91 Å². The second-order valence-electron chi connectivity index (χ2n) is 3.86. The summed E-state index contributed by atoms with van der Waals surface area (Å²) in [6.07, 6.45) is 0. The fourth-order valence-electron chi connectivity index (χ4n) is 1.38. The van der Waals surface area contributed by atoms with Gasteiger partial charge in [0.05, 0.1) is 13.2 Å². The van der Waals surface area contributed by atoms with Crippen LogP contribution in [0.5, 0.6) is 0 Å². The molecule has 1 amide bonds. The maximum atomic E-state index is 11.7. The number of alkyl halides is 1. The van der Waals surface area contributed by atoms with Crippen LogP contribution < -0.4 is 5.32 Å². The number of benzene rings is 1. The maximum Gasteiger partial charge on any atom is 0.251 e. The number of halogens is 1. The zero-order valence-electron chi connectivity index (χ0n) is 10.3. The molecule has 3 nitrogen and oxygen atoms in total. The molecule has 0 aliphatic heterocycles. The van der Waals surface area contributed by atoms with Crippen LogP contribution in [0.15, 0.2) is 18.2 Å². The third-order valence-corrected chi connectivity index (χ3v) is 2.68. The topological polar surface area (TPSA) is 38.3 Å². The smallest absolute Gasteiger partial charge is 0.251 e. The van der Waals surface area contributed by atoms with E-state index < -0.39 is 0 Å². The van der Waals surface area contributed by atoms with E-state index in [2.05, 4.69) is 5.32 Å². The van der Waals surface area contributed by atoms with Crippen LogP contribution in [0.25, 0.3) is 0 Å². The number of hydrogen-bond acceptors (Lipinski definition) is 2. The average molecular weight is 256 g/mol. The van der Waals surface area contributed by atoms with Crippen LogP contribution in [0, 0.1) is 13.8 Å². The molecule has 0 aliphatic carbocycles. The maximum absolute atomic E-state index is 11.7. The predicted octanol–water partition coefficient (Wildman–Crippen LogP) is 2.29. The number of aryl methyl sites for hydroxylation is 2. The summed E-state index contributed by atoms with van der Waals surface area (Å²) in [4.78, 5) is 11.7. The lowest BCUT2D eigenvalue weighted by molar-refractivity contribution is 0.0923. The molecule has 1 aromatic carbocycles. The summed E-state index contributed by atoms with van der Waals surface area (Å²) in [5.74, 6) is 0.410. The van der Waals surface area contributed by atoms with Crippen LogP contribution >= 0.6 is 11.6 Å². The highest BCUT2D eigenvalue weighted by molar-refractivity contribution is 6.17. The van der Waals surface area contributed by atoms with Gasteiger partial charge in [-0.3, -0.25) is 4.79 Å². The van der Waals surface area contributed by atoms with Gasteiger partial charge in [0.15, 0.2) is 0 Å². The van der Waals surface area contributed by atoms with Crippen molar-refractivity contribution >= 4 is 17.5 Å². The van der Waals surface area contributed by atoms with Gasteiger partial charge in [0.1, 0.15) is 0 Å². The van der Waals surface area contributed by atoms with E-state index in [1.54, 1.807) is 0 Å². The van der Waals surface area contributed by atoms with Gasteiger partial charge in [-0.25, -0.2) is 0 Å². The summed E-state index contributed by atoms with van der Waals surface area (Å²) >= 11 is 5.46. The minimum Gasteiger partial charge on any atom is -0.378 e. The fraction of sp³-hybridized carbons (Fsp3) is 0.462. The van der Waals surface area contributed by atoms with Crippen molar-refractivity contribution in [3.8, 4) is 0 Å². The van der Waals surface area contributed by atoms with Crippen molar-refractivity contribution in [1.82, 2.24) is 5.32 Å². The van der Waals surface area contributed by atoms with Crippen molar-refractivity contribution in [2.75, 3.05) is 25.6 Å². The Balaban J connectivity index is 2.39. The quantitative estimate of drug-likeness (QED) is 0.626. The molecule has 0 saturated heterocycles. The Hall–Kier alpha value is -1.06. The van der Waals surface area contributed by atoms with Crippen molar-refractivity contribution in [1.29, 1.82) is 0 Å². The van der Waals surface area contributed by atoms with E-state index in [1.807, 2.05) is 32.0 Å². The number of rotatable bonds is 6. The molecule has 94 valence electrons. The fourth-order valence-corrected chi connectivity index (χ4v) is 1.49. The lowest BCUT2D eigenvalue weighted by atomic mass is 10.1. The Kier molecular flexibility index (Phi) is 6.01. The summed E-state index contributed by atoms with van der Waals surface area (Å²) in [6.45, 7) is 5.53. The van der Waals surface area contributed by atoms with Crippen LogP contribution in [-0.2, 0) is 4.74 Å². The van der Waals surface area contributed by atoms with Gasteiger partial charge in [-0.05, 0) is 37.1 Å². The summed E-state index contributed by atoms with van der Waals surface area (Å²) in [5, 5.41) is 2.80. The molecule has 17 heavy (non-hydrogen) atoms. The molecule has 0 spiro atoms. The van der Waals surface area contributed by atoms with Gasteiger partial charge in [-0.2, -0.15) is 0 Å². The van der Waals surface area contributed by atoms with Crippen LogP contribution in [0.2, 0.25) is 0 Å². The van der Waals surface area contributed by atoms with Gasteiger partial charge in [-0.1, -0.05) is 6.07 Å². The summed E-state index contributed by atoms with van der Waals surface area (Å²) in [7, 11) is 0. The molecule has 0 heterocycles. The van der Waals surface area contributed by atoms with Gasteiger partial charge >= 0.3 is 0 Å². The van der Waals surface area contributed by atoms with Crippen molar-refractivity contribution < 1.29 is 9.53 Å². The Morgan fingerprint density at radius 3 is 2.71 bits per heavy atom. The van der Waals surface area contributed by atoms with Crippen molar-refractivity contribution in [3.05, 3.63) is 34.9 Å². The zero-order valence-corrected chi connectivity index (χ0v) is 11.0. The van der Waals surface area contributed by atoms with Crippen molar-refractivity contribution in [2.24, 2.45) is 0 Å². The highest BCUT2D eigenvalue weighted by atomic mass is 35.5. The van der Waals surface area contributed by atoms with E-state index >= 15 is 0 Å². The number of ether oxygens (including phenoxy) is 1.